The Bertz CT molecular complexity index is 655. The van der Waals surface area contributed by atoms with Crippen LogP contribution in [0.4, 0.5) is 5.69 Å². The molecule has 2 rings (SSSR count). The summed E-state index contributed by atoms with van der Waals surface area (Å²) in [7, 11) is 3.07. The highest BCUT2D eigenvalue weighted by Gasteiger charge is 2.22. The number of aromatic nitrogens is 2. The first-order valence-corrected chi connectivity index (χ1v) is 6.65. The molecule has 0 aliphatic rings. The number of methoxy groups -OCH3 is 2. The number of ether oxygens (including phenoxy) is 2. The molecule has 7 heteroatoms. The Morgan fingerprint density at radius 1 is 1.43 bits per heavy atom. The van der Waals surface area contributed by atoms with E-state index in [2.05, 4.69) is 5.10 Å². The van der Waals surface area contributed by atoms with Crippen molar-refractivity contribution >= 4 is 23.1 Å². The molecule has 1 aromatic carbocycles. The Balaban J connectivity index is 2.43. The largest absolute Gasteiger partial charge is 0.495 e. The van der Waals surface area contributed by atoms with Gasteiger partial charge in [0.2, 0.25) is 5.78 Å². The van der Waals surface area contributed by atoms with Gasteiger partial charge >= 0.3 is 0 Å². The van der Waals surface area contributed by atoms with E-state index >= 15 is 0 Å². The highest BCUT2D eigenvalue weighted by molar-refractivity contribution is 6.34. The number of rotatable bonds is 6. The normalized spacial score (nSPS) is 10.6. The zero-order valence-electron chi connectivity index (χ0n) is 11.8. The maximum atomic E-state index is 12.7. The van der Waals surface area contributed by atoms with Crippen LogP contribution in [0.2, 0.25) is 5.02 Å². The predicted octanol–water partition coefficient (Wildman–Crippen LogP) is 2.00. The van der Waals surface area contributed by atoms with E-state index in [9.17, 15) is 4.79 Å². The molecular weight excluding hydrogens is 294 g/mol. The minimum atomic E-state index is -0.301. The van der Waals surface area contributed by atoms with Crippen LogP contribution in [0.5, 0.6) is 5.75 Å². The van der Waals surface area contributed by atoms with E-state index < -0.39 is 0 Å². The number of benzene rings is 1. The molecule has 0 fully saturated rings. The number of para-hydroxylation sites is 1. The third-order valence-electron chi connectivity index (χ3n) is 3.05. The number of nitrogens with two attached hydrogens (primary N) is 1. The van der Waals surface area contributed by atoms with Gasteiger partial charge < -0.3 is 15.2 Å². The molecule has 0 spiro atoms. The third kappa shape index (κ3) is 3.01. The molecule has 0 bridgehead atoms. The SMILES string of the molecule is COCCn1ncc(Cl)c1C(=O)c1cccc(OC)c1N. The van der Waals surface area contributed by atoms with Crippen LogP contribution >= 0.6 is 11.6 Å². The highest BCUT2D eigenvalue weighted by atomic mass is 35.5. The van der Waals surface area contributed by atoms with E-state index in [1.54, 1.807) is 25.3 Å². The first kappa shape index (κ1) is 15.3. The molecule has 2 N–H and O–H groups in total. The van der Waals surface area contributed by atoms with Crippen LogP contribution in [0, 0.1) is 0 Å². The van der Waals surface area contributed by atoms with Crippen LogP contribution in [0.1, 0.15) is 16.1 Å². The molecule has 0 radical (unpaired) electrons. The highest BCUT2D eigenvalue weighted by Crippen LogP contribution is 2.28. The van der Waals surface area contributed by atoms with Crippen molar-refractivity contribution in [3.63, 3.8) is 0 Å². The van der Waals surface area contributed by atoms with Gasteiger partial charge in [-0.1, -0.05) is 17.7 Å². The van der Waals surface area contributed by atoms with Crippen LogP contribution in [-0.4, -0.2) is 36.4 Å². The lowest BCUT2D eigenvalue weighted by molar-refractivity contribution is 0.102. The molecule has 112 valence electrons. The van der Waals surface area contributed by atoms with E-state index in [1.807, 2.05) is 0 Å². The van der Waals surface area contributed by atoms with Crippen molar-refractivity contribution in [3.05, 3.63) is 40.7 Å². The van der Waals surface area contributed by atoms with E-state index in [0.717, 1.165) is 0 Å². The van der Waals surface area contributed by atoms with Gasteiger partial charge in [-0.25, -0.2) is 0 Å². The lowest BCUT2D eigenvalue weighted by atomic mass is 10.1. The van der Waals surface area contributed by atoms with E-state index in [0.29, 0.717) is 24.5 Å². The van der Waals surface area contributed by atoms with Crippen molar-refractivity contribution in [3.8, 4) is 5.75 Å². The van der Waals surface area contributed by atoms with Gasteiger partial charge in [-0.3, -0.25) is 9.48 Å². The van der Waals surface area contributed by atoms with Gasteiger partial charge in [0.25, 0.3) is 0 Å². The second-order valence-corrected chi connectivity index (χ2v) is 4.71. The molecule has 0 aliphatic heterocycles. The van der Waals surface area contributed by atoms with Crippen LogP contribution in [0.15, 0.2) is 24.4 Å². The summed E-state index contributed by atoms with van der Waals surface area (Å²) in [6.07, 6.45) is 1.43. The summed E-state index contributed by atoms with van der Waals surface area (Å²) in [4.78, 5) is 12.7. The summed E-state index contributed by atoms with van der Waals surface area (Å²) in [5.41, 5.74) is 6.85. The smallest absolute Gasteiger partial charge is 0.214 e. The standard InChI is InChI=1S/C14H16ClN3O3/c1-20-7-6-18-13(10(15)8-17-18)14(19)9-4-3-5-11(21-2)12(9)16/h3-5,8H,6-7,16H2,1-2H3. The molecule has 0 saturated heterocycles. The first-order chi connectivity index (χ1) is 10.1. The zero-order chi connectivity index (χ0) is 15.4. The van der Waals surface area contributed by atoms with Gasteiger partial charge in [-0.15, -0.1) is 0 Å². The number of carbonyl (C=O) groups excluding carboxylic acids is 1. The van der Waals surface area contributed by atoms with Crippen LogP contribution < -0.4 is 10.5 Å². The quantitative estimate of drug-likeness (QED) is 0.652. The summed E-state index contributed by atoms with van der Waals surface area (Å²) in [6.45, 7) is 0.847. The summed E-state index contributed by atoms with van der Waals surface area (Å²) < 4.78 is 11.6. The number of halogens is 1. The second-order valence-electron chi connectivity index (χ2n) is 4.31. The van der Waals surface area contributed by atoms with Crippen molar-refractivity contribution in [2.75, 3.05) is 26.6 Å². The van der Waals surface area contributed by atoms with Crippen LogP contribution in [0.3, 0.4) is 0 Å². The maximum Gasteiger partial charge on any atom is 0.214 e. The minimum absolute atomic E-state index is 0.276. The van der Waals surface area contributed by atoms with E-state index in [-0.39, 0.29) is 22.2 Å². The molecule has 0 saturated carbocycles. The van der Waals surface area contributed by atoms with Crippen LogP contribution in [-0.2, 0) is 11.3 Å². The molecule has 6 nitrogen and oxygen atoms in total. The third-order valence-corrected chi connectivity index (χ3v) is 3.32. The number of hydrogen-bond acceptors (Lipinski definition) is 5. The Hall–Kier alpha value is -2.05. The molecule has 1 heterocycles. The number of hydrogen-bond donors (Lipinski definition) is 1. The Labute approximate surface area is 127 Å². The Kier molecular flexibility index (Phi) is 4.82. The van der Waals surface area contributed by atoms with Gasteiger partial charge in [0.05, 0.1) is 42.7 Å². The molecule has 2 aromatic rings. The summed E-state index contributed by atoms with van der Waals surface area (Å²) >= 11 is 6.08. The summed E-state index contributed by atoms with van der Waals surface area (Å²) in [6, 6.07) is 5.02. The molecule has 0 atom stereocenters. The number of anilines is 1. The molecule has 0 amide bonds. The number of ketones is 1. The van der Waals surface area contributed by atoms with Gasteiger partial charge in [-0.05, 0) is 12.1 Å². The Morgan fingerprint density at radius 2 is 2.19 bits per heavy atom. The fraction of sp³-hybridized carbons (Fsp3) is 0.286. The van der Waals surface area contributed by atoms with Crippen LogP contribution in [0.25, 0.3) is 0 Å². The van der Waals surface area contributed by atoms with Crippen molar-refractivity contribution in [2.24, 2.45) is 0 Å². The van der Waals surface area contributed by atoms with Crippen molar-refractivity contribution in [1.29, 1.82) is 0 Å². The minimum Gasteiger partial charge on any atom is -0.495 e. The predicted molar refractivity (Wildman–Crippen MR) is 80.0 cm³/mol. The molecule has 21 heavy (non-hydrogen) atoms. The lowest BCUT2D eigenvalue weighted by Gasteiger charge is -2.11. The monoisotopic (exact) mass is 309 g/mol. The lowest BCUT2D eigenvalue weighted by Crippen LogP contribution is -2.16. The molecule has 1 aromatic heterocycles. The number of carbonyl (C=O) groups is 1. The Morgan fingerprint density at radius 3 is 2.86 bits per heavy atom. The topological polar surface area (TPSA) is 79.4 Å². The molecule has 0 unspecified atom stereocenters. The molecule has 0 aliphatic carbocycles. The summed E-state index contributed by atoms with van der Waals surface area (Å²) in [5.74, 6) is 0.143. The first-order valence-electron chi connectivity index (χ1n) is 6.27. The van der Waals surface area contributed by atoms with Crippen molar-refractivity contribution < 1.29 is 14.3 Å². The average Bonchev–Trinajstić information content (AvgIpc) is 2.85. The van der Waals surface area contributed by atoms with Gasteiger partial charge in [0, 0.05) is 7.11 Å². The van der Waals surface area contributed by atoms with Gasteiger partial charge in [0.15, 0.2) is 0 Å². The van der Waals surface area contributed by atoms with Gasteiger partial charge in [0.1, 0.15) is 11.4 Å². The van der Waals surface area contributed by atoms with Gasteiger partial charge in [-0.2, -0.15) is 5.10 Å². The van der Waals surface area contributed by atoms with Crippen molar-refractivity contribution in [1.82, 2.24) is 9.78 Å². The second kappa shape index (κ2) is 6.60. The fourth-order valence-corrected chi connectivity index (χ4v) is 2.21. The zero-order valence-corrected chi connectivity index (χ0v) is 12.6. The maximum absolute atomic E-state index is 12.7. The summed E-state index contributed by atoms with van der Waals surface area (Å²) in [5, 5.41) is 4.36. The average molecular weight is 310 g/mol. The van der Waals surface area contributed by atoms with Crippen molar-refractivity contribution in [2.45, 2.75) is 6.54 Å². The number of nitrogen functional groups attached to an aromatic ring is 1. The fourth-order valence-electron chi connectivity index (χ4n) is 1.98. The molecular formula is C14H16ClN3O3. The number of nitrogens with zero attached hydrogens (tertiary/aromatic N) is 2. The van der Waals surface area contributed by atoms with E-state index in [4.69, 9.17) is 26.8 Å². The van der Waals surface area contributed by atoms with E-state index in [1.165, 1.54) is 18.0 Å².